The fourth-order valence-corrected chi connectivity index (χ4v) is 3.11. The molecule has 0 bridgehead atoms. The van der Waals surface area contributed by atoms with Crippen LogP contribution < -0.4 is 10.1 Å². The Morgan fingerprint density at radius 1 is 0.879 bits per heavy atom. The van der Waals surface area contributed by atoms with Crippen LogP contribution in [0.1, 0.15) is 36.7 Å². The molecule has 8 nitrogen and oxygen atoms in total. The summed E-state index contributed by atoms with van der Waals surface area (Å²) in [6, 6.07) is 14.8. The van der Waals surface area contributed by atoms with Gasteiger partial charge in [0.1, 0.15) is 28.9 Å². The van der Waals surface area contributed by atoms with Crippen LogP contribution in [0.5, 0.6) is 11.5 Å². The second-order valence-electron chi connectivity index (χ2n) is 8.40. The Morgan fingerprint density at radius 3 is 2.24 bits per heavy atom. The average Bonchev–Trinajstić information content (AvgIpc) is 2.80. The van der Waals surface area contributed by atoms with E-state index in [-0.39, 0.29) is 5.97 Å². The van der Waals surface area contributed by atoms with Gasteiger partial charge >= 0.3 is 5.97 Å². The molecule has 0 amide bonds. The zero-order chi connectivity index (χ0) is 23.3. The molecule has 33 heavy (non-hydrogen) atoms. The number of hydrogen-bond acceptors (Lipinski definition) is 8. The van der Waals surface area contributed by atoms with Crippen LogP contribution in [0.4, 0.5) is 5.82 Å². The van der Waals surface area contributed by atoms with Crippen molar-refractivity contribution in [2.75, 3.05) is 11.9 Å². The normalized spacial score (nSPS) is 11.2. The number of rotatable bonds is 7. The Morgan fingerprint density at radius 2 is 1.55 bits per heavy atom. The second kappa shape index (κ2) is 9.60. The van der Waals surface area contributed by atoms with Gasteiger partial charge in [-0.05, 0) is 69.2 Å². The van der Waals surface area contributed by atoms with E-state index in [0.717, 1.165) is 12.0 Å². The van der Waals surface area contributed by atoms with Crippen LogP contribution in [0.2, 0.25) is 0 Å². The molecule has 168 valence electrons. The predicted molar refractivity (Wildman–Crippen MR) is 125 cm³/mol. The number of carbonyl (C=O) groups is 1. The van der Waals surface area contributed by atoms with E-state index in [1.165, 1.54) is 6.33 Å². The number of nitrogens with one attached hydrogen (secondary N) is 1. The van der Waals surface area contributed by atoms with Crippen molar-refractivity contribution in [1.29, 1.82) is 0 Å². The summed E-state index contributed by atoms with van der Waals surface area (Å²) in [4.78, 5) is 29.0. The number of nitrogens with zero attached hydrogens (tertiary/aromatic N) is 4. The van der Waals surface area contributed by atoms with Gasteiger partial charge in [0, 0.05) is 18.9 Å². The van der Waals surface area contributed by atoms with Crippen molar-refractivity contribution < 1.29 is 14.3 Å². The monoisotopic (exact) mass is 443 g/mol. The first-order valence-corrected chi connectivity index (χ1v) is 10.6. The standard InChI is InChI=1S/C25H25N5O3/c1-25(2,3)33-24(31)18-6-10-20(11-7-18)32-19-8-4-17(5-9-19)12-13-27-22-21-23(30-16-29-22)28-15-14-26-21/h4-11,14-16H,12-13H2,1-3H3,(H,27,28,29,30). The van der Waals surface area contributed by atoms with Gasteiger partial charge in [0.15, 0.2) is 11.5 Å². The first-order chi connectivity index (χ1) is 15.9. The number of esters is 1. The summed E-state index contributed by atoms with van der Waals surface area (Å²) < 4.78 is 11.3. The zero-order valence-corrected chi connectivity index (χ0v) is 18.8. The third kappa shape index (κ3) is 6.00. The first-order valence-electron chi connectivity index (χ1n) is 10.6. The highest BCUT2D eigenvalue weighted by molar-refractivity contribution is 5.89. The minimum atomic E-state index is -0.528. The molecule has 2 aromatic heterocycles. The summed E-state index contributed by atoms with van der Waals surface area (Å²) in [6.45, 7) is 6.22. The van der Waals surface area contributed by atoms with E-state index >= 15 is 0 Å². The van der Waals surface area contributed by atoms with E-state index in [4.69, 9.17) is 9.47 Å². The molecule has 8 heteroatoms. The smallest absolute Gasteiger partial charge is 0.338 e. The van der Waals surface area contributed by atoms with Gasteiger partial charge in [0.25, 0.3) is 0 Å². The Hall–Kier alpha value is -4.07. The van der Waals surface area contributed by atoms with Gasteiger partial charge in [0.05, 0.1) is 5.56 Å². The lowest BCUT2D eigenvalue weighted by atomic mass is 10.1. The van der Waals surface area contributed by atoms with Crippen LogP contribution >= 0.6 is 0 Å². The van der Waals surface area contributed by atoms with Gasteiger partial charge < -0.3 is 14.8 Å². The molecule has 4 aromatic rings. The maximum absolute atomic E-state index is 12.1. The Balaban J connectivity index is 1.31. The minimum absolute atomic E-state index is 0.353. The largest absolute Gasteiger partial charge is 0.457 e. The summed E-state index contributed by atoms with van der Waals surface area (Å²) >= 11 is 0. The third-order valence-electron chi connectivity index (χ3n) is 4.62. The summed E-state index contributed by atoms with van der Waals surface area (Å²) in [5.41, 5.74) is 2.33. The molecule has 1 N–H and O–H groups in total. The van der Waals surface area contributed by atoms with E-state index in [0.29, 0.717) is 40.6 Å². The van der Waals surface area contributed by atoms with Gasteiger partial charge in [-0.15, -0.1) is 0 Å². The SMILES string of the molecule is CC(C)(C)OC(=O)c1ccc(Oc2ccc(CCNc3ncnc4nccnc34)cc2)cc1. The summed E-state index contributed by atoms with van der Waals surface area (Å²) in [5.74, 6) is 1.68. The Kier molecular flexibility index (Phi) is 6.44. The summed E-state index contributed by atoms with van der Waals surface area (Å²) in [5, 5.41) is 3.30. The van der Waals surface area contributed by atoms with Crippen molar-refractivity contribution >= 4 is 23.0 Å². The number of aromatic nitrogens is 4. The van der Waals surface area contributed by atoms with Crippen molar-refractivity contribution in [2.24, 2.45) is 0 Å². The molecule has 2 heterocycles. The summed E-state index contributed by atoms with van der Waals surface area (Å²) in [6.07, 6.45) is 5.51. The highest BCUT2D eigenvalue weighted by atomic mass is 16.6. The highest BCUT2D eigenvalue weighted by Gasteiger charge is 2.17. The number of anilines is 1. The van der Waals surface area contributed by atoms with Gasteiger partial charge in [-0.3, -0.25) is 0 Å². The number of carbonyl (C=O) groups excluding carboxylic acids is 1. The number of hydrogen-bond donors (Lipinski definition) is 1. The van der Waals surface area contributed by atoms with E-state index in [9.17, 15) is 4.79 Å². The quantitative estimate of drug-likeness (QED) is 0.406. The van der Waals surface area contributed by atoms with Crippen LogP contribution in [-0.4, -0.2) is 38.1 Å². The molecule has 0 aliphatic rings. The van der Waals surface area contributed by atoms with Crippen LogP contribution in [-0.2, 0) is 11.2 Å². The molecule has 0 saturated heterocycles. The van der Waals surface area contributed by atoms with Gasteiger partial charge in [-0.25, -0.2) is 24.7 Å². The lowest BCUT2D eigenvalue weighted by molar-refractivity contribution is 0.00695. The Bertz CT molecular complexity index is 1230. The number of benzene rings is 2. The van der Waals surface area contributed by atoms with Crippen molar-refractivity contribution in [3.8, 4) is 11.5 Å². The van der Waals surface area contributed by atoms with Crippen LogP contribution in [0.15, 0.2) is 67.3 Å². The van der Waals surface area contributed by atoms with Crippen LogP contribution in [0.25, 0.3) is 11.2 Å². The lowest BCUT2D eigenvalue weighted by Gasteiger charge is -2.19. The van der Waals surface area contributed by atoms with Crippen molar-refractivity contribution in [3.63, 3.8) is 0 Å². The van der Waals surface area contributed by atoms with Crippen molar-refractivity contribution in [1.82, 2.24) is 19.9 Å². The maximum Gasteiger partial charge on any atom is 0.338 e. The van der Waals surface area contributed by atoms with E-state index in [1.807, 2.05) is 45.0 Å². The molecule has 0 radical (unpaired) electrons. The highest BCUT2D eigenvalue weighted by Crippen LogP contribution is 2.23. The van der Waals surface area contributed by atoms with E-state index < -0.39 is 5.60 Å². The number of ether oxygens (including phenoxy) is 2. The predicted octanol–water partition coefficient (Wildman–Crippen LogP) is 4.82. The fraction of sp³-hybridized carbons (Fsp3) is 0.240. The molecule has 0 spiro atoms. The van der Waals surface area contributed by atoms with Gasteiger partial charge in [-0.2, -0.15) is 0 Å². The van der Waals surface area contributed by atoms with E-state index in [2.05, 4.69) is 25.3 Å². The molecule has 4 rings (SSSR count). The lowest BCUT2D eigenvalue weighted by Crippen LogP contribution is -2.23. The fourth-order valence-electron chi connectivity index (χ4n) is 3.11. The van der Waals surface area contributed by atoms with Crippen LogP contribution in [0.3, 0.4) is 0 Å². The summed E-state index contributed by atoms with van der Waals surface area (Å²) in [7, 11) is 0. The third-order valence-corrected chi connectivity index (χ3v) is 4.62. The second-order valence-corrected chi connectivity index (χ2v) is 8.40. The molecular weight excluding hydrogens is 418 g/mol. The molecule has 0 fully saturated rings. The average molecular weight is 444 g/mol. The molecule has 0 saturated carbocycles. The minimum Gasteiger partial charge on any atom is -0.457 e. The molecule has 2 aromatic carbocycles. The molecule has 0 aliphatic heterocycles. The van der Waals surface area contributed by atoms with Crippen molar-refractivity contribution in [2.45, 2.75) is 32.8 Å². The van der Waals surface area contributed by atoms with E-state index in [1.54, 1.807) is 36.7 Å². The van der Waals surface area contributed by atoms with Gasteiger partial charge in [-0.1, -0.05) is 12.1 Å². The topological polar surface area (TPSA) is 99.1 Å². The Labute approximate surface area is 192 Å². The first kappa shape index (κ1) is 22.1. The van der Waals surface area contributed by atoms with Crippen LogP contribution in [0, 0.1) is 0 Å². The van der Waals surface area contributed by atoms with Gasteiger partial charge in [0.2, 0.25) is 0 Å². The maximum atomic E-state index is 12.1. The molecular formula is C25H25N5O3. The zero-order valence-electron chi connectivity index (χ0n) is 18.8. The molecule has 0 unspecified atom stereocenters. The molecule has 0 atom stereocenters. The molecule has 0 aliphatic carbocycles. The van der Waals surface area contributed by atoms with Crippen molar-refractivity contribution in [3.05, 3.63) is 78.4 Å². The number of fused-ring (bicyclic) bond motifs is 1.